The minimum absolute atomic E-state index is 0. The number of hydrogen-bond acceptors (Lipinski definition) is 3. The summed E-state index contributed by atoms with van der Waals surface area (Å²) in [5.74, 6) is 0.410. The van der Waals surface area contributed by atoms with Gasteiger partial charge in [-0.05, 0) is 12.8 Å². The van der Waals surface area contributed by atoms with Gasteiger partial charge in [-0.25, -0.2) is 0 Å². The van der Waals surface area contributed by atoms with Crippen LogP contribution in [0.2, 0.25) is 0 Å². The van der Waals surface area contributed by atoms with Crippen LogP contribution in [0.4, 0.5) is 0 Å². The van der Waals surface area contributed by atoms with Crippen LogP contribution in [-0.4, -0.2) is 38.7 Å². The molecule has 0 spiro atoms. The fraction of sp³-hybridized carbons (Fsp3) is 0.846. The number of rotatable bonds is 4. The SMILES string of the molecule is CN=C(NCC(C)C(=O)OC)NC1CCCCC1.I. The number of carbonyl (C=O) groups is 1. The number of esters is 1. The summed E-state index contributed by atoms with van der Waals surface area (Å²) in [6, 6.07) is 0.512. The summed E-state index contributed by atoms with van der Waals surface area (Å²) in [5.41, 5.74) is 0. The molecule has 1 fully saturated rings. The summed E-state index contributed by atoms with van der Waals surface area (Å²) in [6.07, 6.45) is 6.31. The molecular formula is C13H26IN3O2. The Morgan fingerprint density at radius 3 is 2.53 bits per heavy atom. The van der Waals surface area contributed by atoms with E-state index in [-0.39, 0.29) is 35.9 Å². The molecule has 1 rings (SSSR count). The summed E-state index contributed by atoms with van der Waals surface area (Å²) in [6.45, 7) is 2.38. The maximum Gasteiger partial charge on any atom is 0.310 e. The van der Waals surface area contributed by atoms with Crippen LogP contribution in [-0.2, 0) is 9.53 Å². The van der Waals surface area contributed by atoms with E-state index in [1.54, 1.807) is 7.05 Å². The summed E-state index contributed by atoms with van der Waals surface area (Å²) in [5, 5.41) is 6.57. The van der Waals surface area contributed by atoms with Crippen molar-refractivity contribution >= 4 is 35.9 Å². The maximum absolute atomic E-state index is 11.3. The molecule has 0 amide bonds. The molecule has 1 atom stereocenters. The summed E-state index contributed by atoms with van der Waals surface area (Å²) in [7, 11) is 3.16. The van der Waals surface area contributed by atoms with E-state index in [2.05, 4.69) is 20.4 Å². The minimum Gasteiger partial charge on any atom is -0.469 e. The molecule has 1 aliphatic rings. The Labute approximate surface area is 133 Å². The molecule has 0 aromatic rings. The second-order valence-electron chi connectivity index (χ2n) is 4.86. The number of halogens is 1. The number of ether oxygens (including phenoxy) is 1. The molecule has 1 aliphatic carbocycles. The average molecular weight is 383 g/mol. The molecule has 0 aromatic carbocycles. The zero-order chi connectivity index (χ0) is 13.4. The molecule has 2 N–H and O–H groups in total. The first-order valence-electron chi connectivity index (χ1n) is 6.72. The highest BCUT2D eigenvalue weighted by Crippen LogP contribution is 2.17. The molecule has 19 heavy (non-hydrogen) atoms. The molecule has 0 aromatic heterocycles. The highest BCUT2D eigenvalue weighted by molar-refractivity contribution is 14.0. The van der Waals surface area contributed by atoms with Gasteiger partial charge < -0.3 is 15.4 Å². The normalized spacial score (nSPS) is 18.2. The van der Waals surface area contributed by atoms with Gasteiger partial charge in [0, 0.05) is 19.6 Å². The second-order valence-corrected chi connectivity index (χ2v) is 4.86. The molecule has 5 nitrogen and oxygen atoms in total. The first-order chi connectivity index (χ1) is 8.67. The smallest absolute Gasteiger partial charge is 0.310 e. The lowest BCUT2D eigenvalue weighted by atomic mass is 9.96. The van der Waals surface area contributed by atoms with Crippen LogP contribution in [0, 0.1) is 5.92 Å². The average Bonchev–Trinajstić information content (AvgIpc) is 2.43. The number of methoxy groups -OCH3 is 1. The van der Waals surface area contributed by atoms with Gasteiger partial charge in [-0.2, -0.15) is 0 Å². The summed E-state index contributed by atoms with van der Waals surface area (Å²) in [4.78, 5) is 15.5. The van der Waals surface area contributed by atoms with Gasteiger partial charge in [0.25, 0.3) is 0 Å². The van der Waals surface area contributed by atoms with Crippen molar-refractivity contribution in [2.45, 2.75) is 45.1 Å². The Hall–Kier alpha value is -0.530. The Bertz CT molecular complexity index is 292. The number of guanidine groups is 1. The topological polar surface area (TPSA) is 62.7 Å². The van der Waals surface area contributed by atoms with Gasteiger partial charge in [0.05, 0.1) is 13.0 Å². The van der Waals surface area contributed by atoms with Crippen LogP contribution < -0.4 is 10.6 Å². The minimum atomic E-state index is -0.199. The fourth-order valence-electron chi connectivity index (χ4n) is 2.17. The van der Waals surface area contributed by atoms with E-state index in [1.165, 1.54) is 39.2 Å². The molecule has 0 heterocycles. The van der Waals surface area contributed by atoms with Crippen molar-refractivity contribution in [2.24, 2.45) is 10.9 Å². The molecule has 0 saturated heterocycles. The number of carbonyl (C=O) groups excluding carboxylic acids is 1. The van der Waals surface area contributed by atoms with Crippen molar-refractivity contribution in [1.29, 1.82) is 0 Å². The van der Waals surface area contributed by atoms with Gasteiger partial charge in [0.2, 0.25) is 0 Å². The highest BCUT2D eigenvalue weighted by Gasteiger charge is 2.16. The van der Waals surface area contributed by atoms with Crippen molar-refractivity contribution in [3.8, 4) is 0 Å². The predicted molar refractivity (Wildman–Crippen MR) is 88.0 cm³/mol. The largest absolute Gasteiger partial charge is 0.469 e. The van der Waals surface area contributed by atoms with Crippen molar-refractivity contribution in [2.75, 3.05) is 20.7 Å². The van der Waals surface area contributed by atoms with Gasteiger partial charge in [-0.1, -0.05) is 26.2 Å². The number of nitrogens with one attached hydrogen (secondary N) is 2. The molecular weight excluding hydrogens is 357 g/mol. The third-order valence-corrected chi connectivity index (χ3v) is 3.35. The molecule has 1 saturated carbocycles. The van der Waals surface area contributed by atoms with Crippen LogP contribution in [0.15, 0.2) is 4.99 Å². The Morgan fingerprint density at radius 1 is 1.37 bits per heavy atom. The third-order valence-electron chi connectivity index (χ3n) is 3.35. The van der Waals surface area contributed by atoms with E-state index in [0.717, 1.165) is 5.96 Å². The molecule has 1 unspecified atom stereocenters. The first kappa shape index (κ1) is 18.5. The van der Waals surface area contributed by atoms with Crippen LogP contribution in [0.3, 0.4) is 0 Å². The van der Waals surface area contributed by atoms with E-state index < -0.39 is 0 Å². The van der Waals surface area contributed by atoms with Crippen LogP contribution in [0.5, 0.6) is 0 Å². The van der Waals surface area contributed by atoms with E-state index in [9.17, 15) is 4.79 Å². The summed E-state index contributed by atoms with van der Waals surface area (Å²) >= 11 is 0. The zero-order valence-corrected chi connectivity index (χ0v) is 14.4. The van der Waals surface area contributed by atoms with Gasteiger partial charge in [0.15, 0.2) is 5.96 Å². The van der Waals surface area contributed by atoms with E-state index in [1.807, 2.05) is 6.92 Å². The van der Waals surface area contributed by atoms with Crippen LogP contribution >= 0.6 is 24.0 Å². The fourth-order valence-corrected chi connectivity index (χ4v) is 2.17. The number of aliphatic imine (C=N–C) groups is 1. The van der Waals surface area contributed by atoms with Gasteiger partial charge in [-0.15, -0.1) is 24.0 Å². The second kappa shape index (κ2) is 10.3. The molecule has 6 heteroatoms. The number of nitrogens with zero attached hydrogens (tertiary/aromatic N) is 1. The van der Waals surface area contributed by atoms with Crippen molar-refractivity contribution in [3.63, 3.8) is 0 Å². The Balaban J connectivity index is 0.00000324. The summed E-state index contributed by atoms with van der Waals surface area (Å²) < 4.78 is 4.69. The van der Waals surface area contributed by atoms with Crippen molar-refractivity contribution in [3.05, 3.63) is 0 Å². The number of hydrogen-bond donors (Lipinski definition) is 2. The predicted octanol–water partition coefficient (Wildman–Crippen LogP) is 1.91. The molecule has 0 radical (unpaired) electrons. The van der Waals surface area contributed by atoms with Crippen molar-refractivity contribution in [1.82, 2.24) is 10.6 Å². The Morgan fingerprint density at radius 2 is 2.00 bits per heavy atom. The molecule has 112 valence electrons. The lowest BCUT2D eigenvalue weighted by molar-refractivity contribution is -0.144. The molecule has 0 bridgehead atoms. The van der Waals surface area contributed by atoms with Crippen molar-refractivity contribution < 1.29 is 9.53 Å². The van der Waals surface area contributed by atoms with E-state index >= 15 is 0 Å². The van der Waals surface area contributed by atoms with E-state index in [0.29, 0.717) is 12.6 Å². The highest BCUT2D eigenvalue weighted by atomic mass is 127. The lowest BCUT2D eigenvalue weighted by Gasteiger charge is -2.25. The Kier molecular flexibility index (Phi) is 9.99. The lowest BCUT2D eigenvalue weighted by Crippen LogP contribution is -2.46. The van der Waals surface area contributed by atoms with E-state index in [4.69, 9.17) is 0 Å². The third kappa shape index (κ3) is 6.98. The standard InChI is InChI=1S/C13H25N3O2.HI/c1-10(12(17)18-3)9-15-13(14-2)16-11-7-5-4-6-8-11;/h10-11H,4-9H2,1-3H3,(H2,14,15,16);1H. The zero-order valence-electron chi connectivity index (χ0n) is 12.1. The van der Waals surface area contributed by atoms with Gasteiger partial charge in [-0.3, -0.25) is 9.79 Å². The van der Waals surface area contributed by atoms with Crippen LogP contribution in [0.1, 0.15) is 39.0 Å². The molecule has 0 aliphatic heterocycles. The van der Waals surface area contributed by atoms with Gasteiger partial charge in [0.1, 0.15) is 0 Å². The van der Waals surface area contributed by atoms with Gasteiger partial charge >= 0.3 is 5.97 Å². The maximum atomic E-state index is 11.3. The first-order valence-corrected chi connectivity index (χ1v) is 6.72. The quantitative estimate of drug-likeness (QED) is 0.337. The van der Waals surface area contributed by atoms with Crippen LogP contribution in [0.25, 0.3) is 0 Å². The monoisotopic (exact) mass is 383 g/mol.